The fraction of sp³-hybridized carbons (Fsp3) is 0.231. The second-order valence-electron chi connectivity index (χ2n) is 7.76. The summed E-state index contributed by atoms with van der Waals surface area (Å²) >= 11 is 6.29. The molecule has 2 aliphatic rings. The van der Waals surface area contributed by atoms with Gasteiger partial charge < -0.3 is 14.8 Å². The molecule has 3 nitrogen and oxygen atoms in total. The van der Waals surface area contributed by atoms with Crippen molar-refractivity contribution in [2.75, 3.05) is 18.5 Å². The van der Waals surface area contributed by atoms with E-state index in [1.165, 1.54) is 11.1 Å². The van der Waals surface area contributed by atoms with Crippen LogP contribution in [0.3, 0.4) is 0 Å². The molecule has 0 saturated heterocycles. The van der Waals surface area contributed by atoms with E-state index in [0.29, 0.717) is 25.0 Å². The first-order chi connectivity index (χ1) is 14.8. The molecular formula is C26H24ClNO2. The van der Waals surface area contributed by atoms with Crippen molar-refractivity contribution in [2.24, 2.45) is 5.92 Å². The Labute approximate surface area is 182 Å². The van der Waals surface area contributed by atoms with Gasteiger partial charge in [-0.2, -0.15) is 0 Å². The van der Waals surface area contributed by atoms with Crippen LogP contribution in [-0.2, 0) is 0 Å². The summed E-state index contributed by atoms with van der Waals surface area (Å²) in [4.78, 5) is 0. The number of benzene rings is 3. The van der Waals surface area contributed by atoms with Crippen molar-refractivity contribution in [1.82, 2.24) is 0 Å². The molecule has 0 bridgehead atoms. The number of halogens is 1. The molecular weight excluding hydrogens is 394 g/mol. The van der Waals surface area contributed by atoms with Crippen molar-refractivity contribution in [2.45, 2.75) is 18.4 Å². The molecule has 152 valence electrons. The lowest BCUT2D eigenvalue weighted by molar-refractivity contribution is 0.217. The summed E-state index contributed by atoms with van der Waals surface area (Å²) in [5.74, 6) is 2.59. The molecule has 0 radical (unpaired) electrons. The first kappa shape index (κ1) is 19.1. The molecule has 1 aliphatic heterocycles. The van der Waals surface area contributed by atoms with Gasteiger partial charge >= 0.3 is 0 Å². The molecule has 0 spiro atoms. The fourth-order valence-electron chi connectivity index (χ4n) is 4.57. The Morgan fingerprint density at radius 1 is 0.900 bits per heavy atom. The van der Waals surface area contributed by atoms with Gasteiger partial charge in [0.1, 0.15) is 24.7 Å². The third-order valence-corrected chi connectivity index (χ3v) is 6.15. The number of hydrogen-bond donors (Lipinski definition) is 1. The van der Waals surface area contributed by atoms with Gasteiger partial charge in [0.25, 0.3) is 0 Å². The fourth-order valence-corrected chi connectivity index (χ4v) is 4.77. The maximum absolute atomic E-state index is 6.29. The molecule has 3 aromatic rings. The van der Waals surface area contributed by atoms with E-state index in [0.717, 1.165) is 28.6 Å². The smallest absolute Gasteiger partial charge is 0.142 e. The molecule has 3 atom stereocenters. The number of ether oxygens (including phenoxy) is 2. The van der Waals surface area contributed by atoms with Crippen LogP contribution in [0.1, 0.15) is 29.5 Å². The summed E-state index contributed by atoms with van der Waals surface area (Å²) in [6, 6.07) is 24.5. The van der Waals surface area contributed by atoms with Gasteiger partial charge in [-0.25, -0.2) is 0 Å². The lowest BCUT2D eigenvalue weighted by atomic mass is 9.77. The number of para-hydroxylation sites is 2. The molecule has 5 rings (SSSR count). The zero-order valence-corrected chi connectivity index (χ0v) is 17.4. The third-order valence-electron chi connectivity index (χ3n) is 5.92. The molecule has 3 aromatic carbocycles. The second kappa shape index (κ2) is 8.45. The summed E-state index contributed by atoms with van der Waals surface area (Å²) in [7, 11) is 0. The highest BCUT2D eigenvalue weighted by Gasteiger charge is 2.39. The van der Waals surface area contributed by atoms with Gasteiger partial charge in [0.2, 0.25) is 0 Å². The predicted octanol–water partition coefficient (Wildman–Crippen LogP) is 6.62. The van der Waals surface area contributed by atoms with Gasteiger partial charge in [0, 0.05) is 10.9 Å². The highest BCUT2D eigenvalue weighted by Crippen LogP contribution is 2.52. The summed E-state index contributed by atoms with van der Waals surface area (Å²) in [5, 5.41) is 4.54. The van der Waals surface area contributed by atoms with E-state index in [1.807, 2.05) is 48.5 Å². The van der Waals surface area contributed by atoms with Gasteiger partial charge in [0.05, 0.1) is 11.7 Å². The maximum atomic E-state index is 6.29. The summed E-state index contributed by atoms with van der Waals surface area (Å²) in [6.45, 7) is 0.982. The van der Waals surface area contributed by atoms with Gasteiger partial charge in [0.15, 0.2) is 0 Å². The Kier molecular flexibility index (Phi) is 5.37. The van der Waals surface area contributed by atoms with Gasteiger partial charge in [-0.1, -0.05) is 66.2 Å². The number of fused-ring (bicyclic) bond motifs is 3. The van der Waals surface area contributed by atoms with Crippen LogP contribution in [0.25, 0.3) is 0 Å². The molecule has 1 N–H and O–H groups in total. The summed E-state index contributed by atoms with van der Waals surface area (Å²) in [6.07, 6.45) is 5.69. The quantitative estimate of drug-likeness (QED) is 0.361. The van der Waals surface area contributed by atoms with Crippen molar-refractivity contribution in [1.29, 1.82) is 0 Å². The Morgan fingerprint density at radius 2 is 1.73 bits per heavy atom. The number of nitrogens with one attached hydrogen (secondary N) is 1. The van der Waals surface area contributed by atoms with E-state index in [4.69, 9.17) is 21.1 Å². The van der Waals surface area contributed by atoms with Gasteiger partial charge in [-0.05, 0) is 53.8 Å². The summed E-state index contributed by atoms with van der Waals surface area (Å²) < 4.78 is 11.9. The minimum Gasteiger partial charge on any atom is -0.490 e. The Bertz CT molecular complexity index is 1050. The van der Waals surface area contributed by atoms with E-state index in [-0.39, 0.29) is 6.04 Å². The zero-order valence-electron chi connectivity index (χ0n) is 16.6. The van der Waals surface area contributed by atoms with Crippen LogP contribution in [0, 0.1) is 5.92 Å². The third kappa shape index (κ3) is 3.78. The van der Waals surface area contributed by atoms with Gasteiger partial charge in [-0.15, -0.1) is 0 Å². The van der Waals surface area contributed by atoms with Crippen LogP contribution in [0.4, 0.5) is 5.69 Å². The topological polar surface area (TPSA) is 30.5 Å². The van der Waals surface area contributed by atoms with Crippen LogP contribution < -0.4 is 14.8 Å². The van der Waals surface area contributed by atoms with Crippen LogP contribution in [0.2, 0.25) is 5.02 Å². The SMILES string of the molecule is Clc1cccc(C2Nc3c(OCCOc4ccccc4)cccc3C3C=CCC32)c1. The molecule has 1 heterocycles. The number of anilines is 1. The van der Waals surface area contributed by atoms with Crippen LogP contribution >= 0.6 is 11.6 Å². The van der Waals surface area contributed by atoms with E-state index in [9.17, 15) is 0 Å². The Balaban J connectivity index is 1.36. The lowest BCUT2D eigenvalue weighted by Crippen LogP contribution is -2.29. The minimum absolute atomic E-state index is 0.196. The van der Waals surface area contributed by atoms with Crippen molar-refractivity contribution in [3.05, 3.63) is 101 Å². The van der Waals surface area contributed by atoms with Crippen molar-refractivity contribution >= 4 is 17.3 Å². The maximum Gasteiger partial charge on any atom is 0.142 e. The minimum atomic E-state index is 0.196. The van der Waals surface area contributed by atoms with E-state index < -0.39 is 0 Å². The first-order valence-electron chi connectivity index (χ1n) is 10.4. The van der Waals surface area contributed by atoms with Crippen LogP contribution in [0.15, 0.2) is 84.9 Å². The molecule has 3 unspecified atom stereocenters. The normalized spacial score (nSPS) is 21.4. The monoisotopic (exact) mass is 417 g/mol. The van der Waals surface area contributed by atoms with Crippen molar-refractivity contribution < 1.29 is 9.47 Å². The summed E-state index contributed by atoms with van der Waals surface area (Å²) in [5.41, 5.74) is 3.59. The van der Waals surface area contributed by atoms with Crippen LogP contribution in [-0.4, -0.2) is 13.2 Å². The second-order valence-corrected chi connectivity index (χ2v) is 8.20. The number of hydrogen-bond acceptors (Lipinski definition) is 3. The highest BCUT2D eigenvalue weighted by molar-refractivity contribution is 6.30. The molecule has 0 fully saturated rings. The van der Waals surface area contributed by atoms with Crippen molar-refractivity contribution in [3.63, 3.8) is 0 Å². The average Bonchev–Trinajstić information content (AvgIpc) is 3.27. The standard InChI is InChI=1S/C26H24ClNO2/c27-19-8-4-7-18(17-19)25-22-12-5-11-21(22)23-13-6-14-24(26(23)28-25)30-16-15-29-20-9-2-1-3-10-20/h1-11,13-14,17,21-22,25,28H,12,15-16H2. The van der Waals surface area contributed by atoms with E-state index >= 15 is 0 Å². The first-order valence-corrected chi connectivity index (χ1v) is 10.8. The lowest BCUT2D eigenvalue weighted by Gasteiger charge is -2.38. The molecule has 0 aromatic heterocycles. The van der Waals surface area contributed by atoms with E-state index in [1.54, 1.807) is 0 Å². The van der Waals surface area contributed by atoms with Crippen LogP contribution in [0.5, 0.6) is 11.5 Å². The zero-order chi connectivity index (χ0) is 20.3. The number of rotatable bonds is 6. The molecule has 0 saturated carbocycles. The Hall–Kier alpha value is -2.91. The largest absolute Gasteiger partial charge is 0.490 e. The van der Waals surface area contributed by atoms with Gasteiger partial charge in [-0.3, -0.25) is 0 Å². The highest BCUT2D eigenvalue weighted by atomic mass is 35.5. The average molecular weight is 418 g/mol. The van der Waals surface area contributed by atoms with Crippen molar-refractivity contribution in [3.8, 4) is 11.5 Å². The molecule has 4 heteroatoms. The Morgan fingerprint density at radius 3 is 2.60 bits per heavy atom. The molecule has 1 aliphatic carbocycles. The molecule has 30 heavy (non-hydrogen) atoms. The van der Waals surface area contributed by atoms with E-state index in [2.05, 4.69) is 41.7 Å². The molecule has 0 amide bonds. The predicted molar refractivity (Wildman–Crippen MR) is 122 cm³/mol. The number of allylic oxidation sites excluding steroid dienone is 2.